The largest absolute Gasteiger partial charge is 0.336 e. The molecule has 1 heterocycles. The molecular weight excluding hydrogens is 304 g/mol. The molecule has 116 valence electrons. The molecule has 0 fully saturated rings. The third kappa shape index (κ3) is 4.33. The van der Waals surface area contributed by atoms with Crippen LogP contribution in [0.15, 0.2) is 73.2 Å². The summed E-state index contributed by atoms with van der Waals surface area (Å²) in [7, 11) is 0. The van der Waals surface area contributed by atoms with Gasteiger partial charge in [0.25, 0.3) is 0 Å². The molecule has 0 amide bonds. The highest BCUT2D eigenvalue weighted by Gasteiger charge is 2.05. The van der Waals surface area contributed by atoms with Crippen LogP contribution in [0.2, 0.25) is 0 Å². The van der Waals surface area contributed by atoms with Crippen molar-refractivity contribution in [2.24, 2.45) is 0 Å². The lowest BCUT2D eigenvalue weighted by Gasteiger charge is -2.03. The molecule has 3 nitrogen and oxygen atoms in total. The van der Waals surface area contributed by atoms with Gasteiger partial charge in [-0.25, -0.2) is 4.98 Å². The second-order valence-electron chi connectivity index (χ2n) is 5.20. The molecule has 0 N–H and O–H groups in total. The third-order valence-electron chi connectivity index (χ3n) is 3.53. The maximum atomic E-state index is 12.0. The van der Waals surface area contributed by atoms with Gasteiger partial charge in [0, 0.05) is 29.6 Å². The molecule has 23 heavy (non-hydrogen) atoms. The number of carbonyl (C=O) groups is 1. The predicted octanol–water partition coefficient (Wildman–Crippen LogP) is 4.17. The van der Waals surface area contributed by atoms with Crippen LogP contribution in [-0.2, 0) is 6.54 Å². The number of aromatic nitrogens is 2. The van der Waals surface area contributed by atoms with Gasteiger partial charge in [0.05, 0.1) is 17.8 Å². The van der Waals surface area contributed by atoms with Gasteiger partial charge >= 0.3 is 0 Å². The van der Waals surface area contributed by atoms with Gasteiger partial charge in [-0.3, -0.25) is 4.79 Å². The smallest absolute Gasteiger partial charge is 0.172 e. The topological polar surface area (TPSA) is 34.9 Å². The lowest BCUT2D eigenvalue weighted by atomic mass is 10.2. The van der Waals surface area contributed by atoms with Crippen LogP contribution in [0.3, 0.4) is 0 Å². The minimum atomic E-state index is 0.186. The first kappa shape index (κ1) is 15.6. The minimum absolute atomic E-state index is 0.186. The van der Waals surface area contributed by atoms with E-state index in [1.807, 2.05) is 54.9 Å². The molecule has 3 rings (SSSR count). The van der Waals surface area contributed by atoms with Gasteiger partial charge in [-0.2, -0.15) is 11.8 Å². The summed E-state index contributed by atoms with van der Waals surface area (Å²) in [4.78, 5) is 16.4. The van der Waals surface area contributed by atoms with Crippen molar-refractivity contribution >= 4 is 17.5 Å². The zero-order valence-electron chi connectivity index (χ0n) is 12.8. The van der Waals surface area contributed by atoms with Gasteiger partial charge in [0.2, 0.25) is 0 Å². The van der Waals surface area contributed by atoms with E-state index in [0.717, 1.165) is 29.1 Å². The van der Waals surface area contributed by atoms with Crippen LogP contribution >= 0.6 is 11.8 Å². The standard InChI is InChI=1S/C19H18N2OS/c22-19(17-9-5-2-6-10-17)14-23-12-11-21-13-18(20-15-21)16-7-3-1-4-8-16/h1-10,13,15H,11-12,14H2. The number of nitrogens with zero attached hydrogens (tertiary/aromatic N) is 2. The number of ketones is 1. The molecule has 0 unspecified atom stereocenters. The first-order chi connectivity index (χ1) is 11.3. The highest BCUT2D eigenvalue weighted by molar-refractivity contribution is 7.99. The van der Waals surface area contributed by atoms with Crippen molar-refractivity contribution in [2.75, 3.05) is 11.5 Å². The van der Waals surface area contributed by atoms with Crippen LogP contribution in [0.25, 0.3) is 11.3 Å². The van der Waals surface area contributed by atoms with Crippen LogP contribution < -0.4 is 0 Å². The van der Waals surface area contributed by atoms with E-state index >= 15 is 0 Å². The van der Waals surface area contributed by atoms with Gasteiger partial charge < -0.3 is 4.57 Å². The number of hydrogen-bond acceptors (Lipinski definition) is 3. The number of hydrogen-bond donors (Lipinski definition) is 0. The van der Waals surface area contributed by atoms with Crippen LogP contribution in [0.5, 0.6) is 0 Å². The molecule has 0 aliphatic heterocycles. The van der Waals surface area contributed by atoms with E-state index in [1.54, 1.807) is 11.8 Å². The van der Waals surface area contributed by atoms with E-state index in [4.69, 9.17) is 0 Å². The fraction of sp³-hybridized carbons (Fsp3) is 0.158. The number of carbonyl (C=O) groups excluding carboxylic acids is 1. The fourth-order valence-electron chi connectivity index (χ4n) is 2.28. The van der Waals surface area contributed by atoms with Gasteiger partial charge in [0.15, 0.2) is 5.78 Å². The van der Waals surface area contributed by atoms with Crippen molar-refractivity contribution in [2.45, 2.75) is 6.54 Å². The summed E-state index contributed by atoms with van der Waals surface area (Å²) in [5, 5.41) is 0. The van der Waals surface area contributed by atoms with Crippen molar-refractivity contribution in [3.63, 3.8) is 0 Å². The normalized spacial score (nSPS) is 10.6. The molecule has 2 aromatic carbocycles. The number of aryl methyl sites for hydroxylation is 1. The van der Waals surface area contributed by atoms with Gasteiger partial charge in [-0.1, -0.05) is 60.7 Å². The molecule has 3 aromatic rings. The Hall–Kier alpha value is -2.33. The van der Waals surface area contributed by atoms with E-state index in [-0.39, 0.29) is 5.78 Å². The van der Waals surface area contributed by atoms with Crippen LogP contribution in [0.4, 0.5) is 0 Å². The summed E-state index contributed by atoms with van der Waals surface area (Å²) in [5.74, 6) is 1.60. The Balaban J connectivity index is 1.46. The first-order valence-electron chi connectivity index (χ1n) is 7.56. The van der Waals surface area contributed by atoms with Crippen molar-refractivity contribution in [3.05, 3.63) is 78.8 Å². The van der Waals surface area contributed by atoms with Crippen molar-refractivity contribution in [1.29, 1.82) is 0 Å². The summed E-state index contributed by atoms with van der Waals surface area (Å²) in [6.07, 6.45) is 3.90. The summed E-state index contributed by atoms with van der Waals surface area (Å²) in [6, 6.07) is 19.6. The molecule has 0 spiro atoms. The Morgan fingerprint density at radius 2 is 1.70 bits per heavy atom. The van der Waals surface area contributed by atoms with Crippen molar-refractivity contribution in [1.82, 2.24) is 9.55 Å². The molecule has 0 saturated carbocycles. The Morgan fingerprint density at radius 3 is 2.43 bits per heavy atom. The third-order valence-corrected chi connectivity index (χ3v) is 4.46. The van der Waals surface area contributed by atoms with E-state index in [1.165, 1.54) is 0 Å². The quantitative estimate of drug-likeness (QED) is 0.484. The summed E-state index contributed by atoms with van der Waals surface area (Å²) >= 11 is 1.66. The zero-order chi connectivity index (χ0) is 15.9. The molecule has 1 aromatic heterocycles. The van der Waals surface area contributed by atoms with Gasteiger partial charge in [-0.15, -0.1) is 0 Å². The van der Waals surface area contributed by atoms with Crippen LogP contribution in [0.1, 0.15) is 10.4 Å². The van der Waals surface area contributed by atoms with Gasteiger partial charge in [-0.05, 0) is 0 Å². The SMILES string of the molecule is O=C(CSCCn1cnc(-c2ccccc2)c1)c1ccccc1. The number of thioether (sulfide) groups is 1. The summed E-state index contributed by atoms with van der Waals surface area (Å²) < 4.78 is 2.07. The lowest BCUT2D eigenvalue weighted by molar-refractivity contribution is 0.102. The predicted molar refractivity (Wildman–Crippen MR) is 95.8 cm³/mol. The Bertz CT molecular complexity index is 753. The van der Waals surface area contributed by atoms with Crippen molar-refractivity contribution < 1.29 is 4.79 Å². The Kier molecular flexibility index (Phi) is 5.27. The first-order valence-corrected chi connectivity index (χ1v) is 8.71. The number of imidazole rings is 1. The van der Waals surface area contributed by atoms with E-state index in [0.29, 0.717) is 5.75 Å². The summed E-state index contributed by atoms with van der Waals surface area (Å²) in [6.45, 7) is 0.854. The second-order valence-corrected chi connectivity index (χ2v) is 6.31. The van der Waals surface area contributed by atoms with E-state index < -0.39 is 0 Å². The average Bonchev–Trinajstić information content (AvgIpc) is 3.09. The zero-order valence-corrected chi connectivity index (χ0v) is 13.6. The van der Waals surface area contributed by atoms with Crippen LogP contribution in [0, 0.1) is 0 Å². The average molecular weight is 322 g/mol. The molecule has 0 saturated heterocycles. The highest BCUT2D eigenvalue weighted by Crippen LogP contribution is 2.16. The minimum Gasteiger partial charge on any atom is -0.336 e. The maximum Gasteiger partial charge on any atom is 0.172 e. The Morgan fingerprint density at radius 1 is 1.00 bits per heavy atom. The van der Waals surface area contributed by atoms with E-state index in [2.05, 4.69) is 27.9 Å². The maximum absolute atomic E-state index is 12.0. The fourth-order valence-corrected chi connectivity index (χ4v) is 3.12. The number of benzene rings is 2. The molecule has 4 heteroatoms. The molecule has 0 aliphatic rings. The number of rotatable bonds is 7. The number of Topliss-reactive ketones (excluding diaryl/α,β-unsaturated/α-hetero) is 1. The summed E-state index contributed by atoms with van der Waals surface area (Å²) in [5.41, 5.74) is 2.89. The second kappa shape index (κ2) is 7.79. The molecule has 0 aliphatic carbocycles. The Labute approximate surface area is 140 Å². The molecule has 0 atom stereocenters. The molecular formula is C19H18N2OS. The van der Waals surface area contributed by atoms with Crippen molar-refractivity contribution in [3.8, 4) is 11.3 Å². The monoisotopic (exact) mass is 322 g/mol. The molecule has 0 radical (unpaired) electrons. The van der Waals surface area contributed by atoms with Gasteiger partial charge in [0.1, 0.15) is 0 Å². The van der Waals surface area contributed by atoms with E-state index in [9.17, 15) is 4.79 Å². The highest BCUT2D eigenvalue weighted by atomic mass is 32.2. The molecule has 0 bridgehead atoms. The lowest BCUT2D eigenvalue weighted by Crippen LogP contribution is -2.04. The van der Waals surface area contributed by atoms with Crippen LogP contribution in [-0.4, -0.2) is 26.8 Å².